The van der Waals surface area contributed by atoms with Crippen LogP contribution in [0.4, 0.5) is 11.4 Å². The largest absolute Gasteiger partial charge is 0.497 e. The second-order valence-corrected chi connectivity index (χ2v) is 5.46. The van der Waals surface area contributed by atoms with E-state index < -0.39 is 0 Å². The number of methoxy groups -OCH3 is 1. The number of anilines is 2. The predicted octanol–water partition coefficient (Wildman–Crippen LogP) is 3.59. The molecule has 0 aliphatic rings. The molecule has 0 fully saturated rings. The zero-order valence-electron chi connectivity index (χ0n) is 14.1. The van der Waals surface area contributed by atoms with Crippen LogP contribution in [0.1, 0.15) is 20.7 Å². The van der Waals surface area contributed by atoms with E-state index in [0.29, 0.717) is 28.3 Å². The molecule has 0 spiro atoms. The highest BCUT2D eigenvalue weighted by Crippen LogP contribution is 2.18. The van der Waals surface area contributed by atoms with Crippen molar-refractivity contribution in [3.63, 3.8) is 0 Å². The molecule has 2 N–H and O–H groups in total. The third kappa shape index (κ3) is 4.24. The number of carbonyl (C=O) groups is 2. The predicted molar refractivity (Wildman–Crippen MR) is 99.6 cm³/mol. The summed E-state index contributed by atoms with van der Waals surface area (Å²) in [5.74, 6) is 0.0983. The van der Waals surface area contributed by atoms with Crippen molar-refractivity contribution < 1.29 is 14.3 Å². The minimum atomic E-state index is -0.262. The van der Waals surface area contributed by atoms with Crippen LogP contribution < -0.4 is 15.4 Å². The summed E-state index contributed by atoms with van der Waals surface area (Å²) in [6.07, 6.45) is 3.11. The molecule has 3 rings (SSSR count). The number of aromatic nitrogens is 1. The fourth-order valence-corrected chi connectivity index (χ4v) is 2.35. The summed E-state index contributed by atoms with van der Waals surface area (Å²) in [5, 5.41) is 5.60. The maximum absolute atomic E-state index is 12.4. The lowest BCUT2D eigenvalue weighted by Crippen LogP contribution is -2.14. The van der Waals surface area contributed by atoms with E-state index in [1.54, 1.807) is 80.2 Å². The van der Waals surface area contributed by atoms with Crippen LogP contribution in [0.15, 0.2) is 73.1 Å². The topological polar surface area (TPSA) is 80.3 Å². The van der Waals surface area contributed by atoms with Gasteiger partial charge >= 0.3 is 0 Å². The van der Waals surface area contributed by atoms with Gasteiger partial charge in [0.25, 0.3) is 11.8 Å². The maximum atomic E-state index is 12.4. The lowest BCUT2D eigenvalue weighted by atomic mass is 10.2. The SMILES string of the molecule is COc1cccc(C(=O)Nc2cccc(NC(=O)c3ccncc3)c2)c1. The van der Waals surface area contributed by atoms with E-state index in [0.717, 1.165) is 0 Å². The number of benzene rings is 2. The number of ether oxygens (including phenoxy) is 1. The maximum Gasteiger partial charge on any atom is 0.255 e. The van der Waals surface area contributed by atoms with Crippen LogP contribution in [0.5, 0.6) is 5.75 Å². The summed E-state index contributed by atoms with van der Waals surface area (Å²) in [4.78, 5) is 28.5. The Hall–Kier alpha value is -3.67. The van der Waals surface area contributed by atoms with Crippen LogP contribution in [-0.4, -0.2) is 23.9 Å². The monoisotopic (exact) mass is 347 g/mol. The number of hydrogen-bond acceptors (Lipinski definition) is 4. The molecular formula is C20H17N3O3. The fourth-order valence-electron chi connectivity index (χ4n) is 2.35. The Morgan fingerprint density at radius 1 is 0.808 bits per heavy atom. The number of pyridine rings is 1. The molecule has 3 aromatic rings. The molecule has 2 amide bonds. The normalized spacial score (nSPS) is 10.0. The molecule has 2 aromatic carbocycles. The third-order valence-electron chi connectivity index (χ3n) is 3.65. The number of hydrogen-bond donors (Lipinski definition) is 2. The summed E-state index contributed by atoms with van der Waals surface area (Å²) >= 11 is 0. The lowest BCUT2D eigenvalue weighted by molar-refractivity contribution is 0.101. The molecule has 6 heteroatoms. The third-order valence-corrected chi connectivity index (χ3v) is 3.65. The van der Waals surface area contributed by atoms with Crippen LogP contribution in [-0.2, 0) is 0 Å². The van der Waals surface area contributed by atoms with Gasteiger partial charge in [-0.15, -0.1) is 0 Å². The van der Waals surface area contributed by atoms with Gasteiger partial charge in [0, 0.05) is 34.9 Å². The summed E-state index contributed by atoms with van der Waals surface area (Å²) in [6, 6.07) is 17.1. The fraction of sp³-hybridized carbons (Fsp3) is 0.0500. The van der Waals surface area contributed by atoms with Crippen LogP contribution in [0.3, 0.4) is 0 Å². The van der Waals surface area contributed by atoms with Gasteiger partial charge in [0.15, 0.2) is 0 Å². The van der Waals surface area contributed by atoms with Crippen molar-refractivity contribution in [2.75, 3.05) is 17.7 Å². The Bertz CT molecular complexity index is 926. The molecule has 1 aromatic heterocycles. The number of carbonyl (C=O) groups excluding carboxylic acids is 2. The highest BCUT2D eigenvalue weighted by Gasteiger charge is 2.09. The quantitative estimate of drug-likeness (QED) is 0.739. The van der Waals surface area contributed by atoms with Crippen LogP contribution in [0.25, 0.3) is 0 Å². The minimum absolute atomic E-state index is 0.247. The van der Waals surface area contributed by atoms with Crippen LogP contribution >= 0.6 is 0 Å². The first-order valence-electron chi connectivity index (χ1n) is 7.92. The number of nitrogens with zero attached hydrogens (tertiary/aromatic N) is 1. The van der Waals surface area contributed by atoms with E-state index in [-0.39, 0.29) is 11.8 Å². The van der Waals surface area contributed by atoms with E-state index in [9.17, 15) is 9.59 Å². The molecule has 0 atom stereocenters. The van der Waals surface area contributed by atoms with Crippen LogP contribution in [0, 0.1) is 0 Å². The van der Waals surface area contributed by atoms with Gasteiger partial charge in [0.05, 0.1) is 7.11 Å². The Morgan fingerprint density at radius 3 is 2.08 bits per heavy atom. The Kier molecular flexibility index (Phi) is 5.24. The number of amides is 2. The summed E-state index contributed by atoms with van der Waals surface area (Å²) in [6.45, 7) is 0. The first-order chi connectivity index (χ1) is 12.7. The van der Waals surface area contributed by atoms with E-state index in [2.05, 4.69) is 15.6 Å². The van der Waals surface area contributed by atoms with Gasteiger partial charge in [0.1, 0.15) is 5.75 Å². The molecule has 26 heavy (non-hydrogen) atoms. The molecule has 0 unspecified atom stereocenters. The summed E-state index contributed by atoms with van der Waals surface area (Å²) in [7, 11) is 1.55. The van der Waals surface area contributed by atoms with Crippen molar-refractivity contribution >= 4 is 23.2 Å². The van der Waals surface area contributed by atoms with Crippen LogP contribution in [0.2, 0.25) is 0 Å². The average molecular weight is 347 g/mol. The first kappa shape index (κ1) is 17.2. The molecule has 6 nitrogen and oxygen atoms in total. The van der Waals surface area contributed by atoms with E-state index in [1.807, 2.05) is 0 Å². The van der Waals surface area contributed by atoms with Crippen molar-refractivity contribution in [3.8, 4) is 5.75 Å². The highest BCUT2D eigenvalue weighted by molar-refractivity contribution is 6.06. The molecule has 0 radical (unpaired) electrons. The highest BCUT2D eigenvalue weighted by atomic mass is 16.5. The Labute approximate surface area is 150 Å². The van der Waals surface area contributed by atoms with Crippen molar-refractivity contribution in [1.29, 1.82) is 0 Å². The second kappa shape index (κ2) is 7.94. The number of rotatable bonds is 5. The van der Waals surface area contributed by atoms with Gasteiger partial charge in [-0.1, -0.05) is 12.1 Å². The lowest BCUT2D eigenvalue weighted by Gasteiger charge is -2.09. The number of nitrogens with one attached hydrogen (secondary N) is 2. The second-order valence-electron chi connectivity index (χ2n) is 5.46. The molecule has 0 saturated carbocycles. The molecule has 0 bridgehead atoms. The van der Waals surface area contributed by atoms with Gasteiger partial charge in [0.2, 0.25) is 0 Å². The minimum Gasteiger partial charge on any atom is -0.497 e. The zero-order chi connectivity index (χ0) is 18.4. The van der Waals surface area contributed by atoms with Gasteiger partial charge in [-0.05, 0) is 48.5 Å². The van der Waals surface area contributed by atoms with Gasteiger partial charge in [-0.2, -0.15) is 0 Å². The van der Waals surface area contributed by atoms with Crippen molar-refractivity contribution in [3.05, 3.63) is 84.2 Å². The molecule has 0 saturated heterocycles. The Morgan fingerprint density at radius 2 is 1.42 bits per heavy atom. The zero-order valence-corrected chi connectivity index (χ0v) is 14.1. The van der Waals surface area contributed by atoms with Gasteiger partial charge in [-0.3, -0.25) is 14.6 Å². The molecule has 0 aliphatic heterocycles. The van der Waals surface area contributed by atoms with Crippen molar-refractivity contribution in [2.45, 2.75) is 0 Å². The Balaban J connectivity index is 1.71. The molecule has 1 heterocycles. The standard InChI is InChI=1S/C20H17N3O3/c1-26-18-7-2-4-15(12-18)20(25)23-17-6-3-5-16(13-17)22-19(24)14-8-10-21-11-9-14/h2-13H,1H3,(H,22,24)(H,23,25). The van der Waals surface area contributed by atoms with Crippen molar-refractivity contribution in [1.82, 2.24) is 4.98 Å². The first-order valence-corrected chi connectivity index (χ1v) is 7.92. The summed E-state index contributed by atoms with van der Waals surface area (Å²) in [5.41, 5.74) is 2.14. The summed E-state index contributed by atoms with van der Waals surface area (Å²) < 4.78 is 5.13. The average Bonchev–Trinajstić information content (AvgIpc) is 2.69. The van der Waals surface area contributed by atoms with E-state index in [4.69, 9.17) is 4.74 Å². The molecule has 130 valence electrons. The van der Waals surface area contributed by atoms with E-state index in [1.165, 1.54) is 0 Å². The van der Waals surface area contributed by atoms with Crippen molar-refractivity contribution in [2.24, 2.45) is 0 Å². The molecular weight excluding hydrogens is 330 g/mol. The van der Waals surface area contributed by atoms with E-state index >= 15 is 0 Å². The molecule has 0 aliphatic carbocycles. The van der Waals surface area contributed by atoms with Gasteiger partial charge < -0.3 is 15.4 Å². The smallest absolute Gasteiger partial charge is 0.255 e. The van der Waals surface area contributed by atoms with Gasteiger partial charge in [-0.25, -0.2) is 0 Å².